The van der Waals surface area contributed by atoms with Gasteiger partial charge in [-0.15, -0.1) is 0 Å². The second-order valence-electron chi connectivity index (χ2n) is 7.13. The van der Waals surface area contributed by atoms with Crippen molar-refractivity contribution >= 4 is 29.1 Å². The first kappa shape index (κ1) is 19.0. The maximum absolute atomic E-state index is 12.9. The van der Waals surface area contributed by atoms with Crippen LogP contribution in [-0.2, 0) is 31.4 Å². The maximum Gasteiger partial charge on any atom is 0.240 e. The maximum atomic E-state index is 12.9. The van der Waals surface area contributed by atoms with Gasteiger partial charge in [-0.25, -0.2) is 0 Å². The molecule has 5 nitrogen and oxygen atoms in total. The molecule has 3 aromatic rings. The Balaban J connectivity index is 1.46. The molecular weight excluding hydrogens is 395 g/mol. The molecule has 0 saturated carbocycles. The Morgan fingerprint density at radius 2 is 1.93 bits per heavy atom. The molecule has 1 atom stereocenters. The fourth-order valence-corrected chi connectivity index (χ4v) is 4.03. The molecule has 0 bridgehead atoms. The van der Waals surface area contributed by atoms with Gasteiger partial charge >= 0.3 is 0 Å². The van der Waals surface area contributed by atoms with Crippen LogP contribution in [0.5, 0.6) is 0 Å². The summed E-state index contributed by atoms with van der Waals surface area (Å²) >= 11 is 12.2. The van der Waals surface area contributed by atoms with E-state index < -0.39 is 6.04 Å². The quantitative estimate of drug-likeness (QED) is 0.705. The van der Waals surface area contributed by atoms with Crippen LogP contribution in [0.3, 0.4) is 0 Å². The Morgan fingerprint density at radius 3 is 2.64 bits per heavy atom. The minimum absolute atomic E-state index is 0.0786. The number of hydrogen-bond donors (Lipinski definition) is 1. The molecule has 7 heteroatoms. The zero-order valence-corrected chi connectivity index (χ0v) is 16.9. The van der Waals surface area contributed by atoms with Crippen molar-refractivity contribution in [2.45, 2.75) is 25.6 Å². The Hall–Kier alpha value is -2.34. The van der Waals surface area contributed by atoms with Crippen molar-refractivity contribution in [1.82, 2.24) is 14.7 Å². The summed E-state index contributed by atoms with van der Waals surface area (Å²) in [5.41, 5.74) is 11.5. The third kappa shape index (κ3) is 3.78. The lowest BCUT2D eigenvalue weighted by molar-refractivity contribution is -0.133. The van der Waals surface area contributed by atoms with Crippen molar-refractivity contribution < 1.29 is 4.79 Å². The summed E-state index contributed by atoms with van der Waals surface area (Å²) in [7, 11) is 1.89. The molecule has 144 valence electrons. The van der Waals surface area contributed by atoms with Crippen LogP contribution in [0.15, 0.2) is 48.8 Å². The first-order valence-corrected chi connectivity index (χ1v) is 9.75. The number of nitrogens with zero attached hydrogens (tertiary/aromatic N) is 3. The minimum Gasteiger partial charge on any atom is -0.333 e. The Morgan fingerprint density at radius 1 is 1.14 bits per heavy atom. The number of aromatic nitrogens is 2. The number of amides is 1. The highest BCUT2D eigenvalue weighted by Crippen LogP contribution is 2.29. The van der Waals surface area contributed by atoms with Crippen molar-refractivity contribution in [2.24, 2.45) is 12.8 Å². The van der Waals surface area contributed by atoms with E-state index in [9.17, 15) is 4.79 Å². The van der Waals surface area contributed by atoms with Crippen molar-refractivity contribution in [1.29, 1.82) is 0 Å². The zero-order valence-electron chi connectivity index (χ0n) is 15.4. The molecule has 28 heavy (non-hydrogen) atoms. The van der Waals surface area contributed by atoms with Gasteiger partial charge in [0, 0.05) is 41.9 Å². The van der Waals surface area contributed by atoms with Gasteiger partial charge in [-0.1, -0.05) is 41.4 Å². The highest BCUT2D eigenvalue weighted by atomic mass is 35.5. The summed E-state index contributed by atoms with van der Waals surface area (Å²) in [5.74, 6) is -0.0786. The molecule has 0 fully saturated rings. The molecule has 1 aliphatic rings. The van der Waals surface area contributed by atoms with Crippen molar-refractivity contribution in [3.8, 4) is 11.1 Å². The van der Waals surface area contributed by atoms with Crippen LogP contribution < -0.4 is 5.73 Å². The first-order chi connectivity index (χ1) is 13.4. The monoisotopic (exact) mass is 414 g/mol. The molecule has 4 rings (SSSR count). The third-order valence-electron chi connectivity index (χ3n) is 5.05. The standard InChI is InChI=1S/C21H20Cl2N4O/c1-26-10-17(9-25-26)13-2-3-15-11-27(12-16(15)6-13)21(28)20(24)7-14-4-5-18(22)8-19(14)23/h2-6,8-10,20H,7,11-12,24H2,1H3/t20-/m1/s1. The first-order valence-electron chi connectivity index (χ1n) is 9.00. The van der Waals surface area contributed by atoms with Gasteiger partial charge in [0.15, 0.2) is 0 Å². The SMILES string of the molecule is Cn1cc(-c2ccc3c(c2)CN(C(=O)[C@H](N)Cc2ccc(Cl)cc2Cl)C3)cn1. The number of hydrogen-bond acceptors (Lipinski definition) is 3. The number of nitrogens with two attached hydrogens (primary N) is 1. The highest BCUT2D eigenvalue weighted by Gasteiger charge is 2.28. The average Bonchev–Trinajstić information content (AvgIpc) is 3.28. The van der Waals surface area contributed by atoms with Gasteiger partial charge in [-0.05, 0) is 46.9 Å². The molecule has 2 aromatic carbocycles. The minimum atomic E-state index is -0.647. The van der Waals surface area contributed by atoms with Crippen LogP contribution in [0.4, 0.5) is 0 Å². The number of aryl methyl sites for hydroxylation is 1. The lowest BCUT2D eigenvalue weighted by atomic mass is 10.0. The van der Waals surface area contributed by atoms with Crippen molar-refractivity contribution in [3.05, 3.63) is 75.5 Å². The highest BCUT2D eigenvalue weighted by molar-refractivity contribution is 6.35. The van der Waals surface area contributed by atoms with Gasteiger partial charge in [-0.3, -0.25) is 9.48 Å². The Labute approximate surface area is 173 Å². The van der Waals surface area contributed by atoms with E-state index in [1.54, 1.807) is 21.7 Å². The normalized spacial score (nSPS) is 14.2. The predicted molar refractivity (Wildman–Crippen MR) is 111 cm³/mol. The number of benzene rings is 2. The summed E-state index contributed by atoms with van der Waals surface area (Å²) in [6.07, 6.45) is 4.19. The van der Waals surface area contributed by atoms with Crippen LogP contribution in [0, 0.1) is 0 Å². The second kappa shape index (κ2) is 7.59. The molecule has 0 aliphatic carbocycles. The van der Waals surface area contributed by atoms with Gasteiger partial charge in [0.1, 0.15) is 0 Å². The molecule has 2 heterocycles. The van der Waals surface area contributed by atoms with E-state index in [-0.39, 0.29) is 5.91 Å². The average molecular weight is 415 g/mol. The molecule has 0 radical (unpaired) electrons. The van der Waals surface area contributed by atoms with Gasteiger partial charge < -0.3 is 10.6 Å². The van der Waals surface area contributed by atoms with E-state index in [2.05, 4.69) is 23.3 Å². The fraction of sp³-hybridized carbons (Fsp3) is 0.238. The van der Waals surface area contributed by atoms with Crippen LogP contribution in [-0.4, -0.2) is 26.6 Å². The summed E-state index contributed by atoms with van der Waals surface area (Å²) in [5, 5.41) is 5.31. The molecule has 1 aliphatic heterocycles. The number of carbonyl (C=O) groups is 1. The topological polar surface area (TPSA) is 64.2 Å². The molecule has 1 aromatic heterocycles. The van der Waals surface area contributed by atoms with Crippen LogP contribution in [0.25, 0.3) is 11.1 Å². The van der Waals surface area contributed by atoms with Gasteiger partial charge in [-0.2, -0.15) is 5.10 Å². The Kier molecular flexibility index (Phi) is 5.15. The third-order valence-corrected chi connectivity index (χ3v) is 5.64. The molecular formula is C21H20Cl2N4O. The summed E-state index contributed by atoms with van der Waals surface area (Å²) < 4.78 is 1.78. The summed E-state index contributed by atoms with van der Waals surface area (Å²) in [6.45, 7) is 1.13. The largest absolute Gasteiger partial charge is 0.333 e. The molecule has 0 saturated heterocycles. The smallest absolute Gasteiger partial charge is 0.240 e. The summed E-state index contributed by atoms with van der Waals surface area (Å²) in [6, 6.07) is 10.9. The van der Waals surface area contributed by atoms with Crippen LogP contribution >= 0.6 is 23.2 Å². The molecule has 2 N–H and O–H groups in total. The zero-order chi connectivity index (χ0) is 19.8. The molecule has 0 spiro atoms. The second-order valence-corrected chi connectivity index (χ2v) is 7.97. The van der Waals surface area contributed by atoms with Crippen molar-refractivity contribution in [2.75, 3.05) is 0 Å². The number of rotatable bonds is 4. The van der Waals surface area contributed by atoms with Gasteiger partial charge in [0.05, 0.1) is 12.2 Å². The van der Waals surface area contributed by atoms with E-state index >= 15 is 0 Å². The van der Waals surface area contributed by atoms with Gasteiger partial charge in [0.25, 0.3) is 0 Å². The molecule has 0 unspecified atom stereocenters. The van der Waals surface area contributed by atoms with E-state index in [0.29, 0.717) is 29.6 Å². The Bertz CT molecular complexity index is 1050. The van der Waals surface area contributed by atoms with E-state index in [0.717, 1.165) is 27.8 Å². The van der Waals surface area contributed by atoms with Crippen LogP contribution in [0.2, 0.25) is 10.0 Å². The lowest BCUT2D eigenvalue weighted by Gasteiger charge is -2.20. The summed E-state index contributed by atoms with van der Waals surface area (Å²) in [4.78, 5) is 14.7. The van der Waals surface area contributed by atoms with Crippen LogP contribution in [0.1, 0.15) is 16.7 Å². The van der Waals surface area contributed by atoms with E-state index in [1.807, 2.05) is 25.5 Å². The number of halogens is 2. The lowest BCUT2D eigenvalue weighted by Crippen LogP contribution is -2.42. The number of carbonyl (C=O) groups excluding carboxylic acids is 1. The van der Waals surface area contributed by atoms with Crippen molar-refractivity contribution in [3.63, 3.8) is 0 Å². The number of fused-ring (bicyclic) bond motifs is 1. The molecule has 1 amide bonds. The van der Waals surface area contributed by atoms with E-state index in [1.165, 1.54) is 0 Å². The van der Waals surface area contributed by atoms with E-state index in [4.69, 9.17) is 28.9 Å². The van der Waals surface area contributed by atoms with Gasteiger partial charge in [0.2, 0.25) is 5.91 Å². The predicted octanol–water partition coefficient (Wildman–Crippen LogP) is 3.81. The fourth-order valence-electron chi connectivity index (χ4n) is 3.55.